The molecule has 2 rings (SSSR count). The van der Waals surface area contributed by atoms with E-state index in [4.69, 9.17) is 0 Å². The Bertz CT molecular complexity index is 524. The van der Waals surface area contributed by atoms with Crippen molar-refractivity contribution in [2.45, 2.75) is 19.9 Å². The van der Waals surface area contributed by atoms with Crippen LogP contribution in [0, 0.1) is 6.92 Å². The molecule has 0 saturated carbocycles. The van der Waals surface area contributed by atoms with Crippen molar-refractivity contribution >= 4 is 5.95 Å². The second kappa shape index (κ2) is 5.48. The van der Waals surface area contributed by atoms with Crippen molar-refractivity contribution in [2.24, 2.45) is 7.05 Å². The van der Waals surface area contributed by atoms with Gasteiger partial charge >= 0.3 is 0 Å². The Kier molecular flexibility index (Phi) is 3.76. The van der Waals surface area contributed by atoms with Crippen molar-refractivity contribution in [1.82, 2.24) is 24.3 Å². The number of rotatable bonds is 6. The maximum Gasteiger partial charge on any atom is 0.203 e. The molecule has 1 N–H and O–H groups in total. The van der Waals surface area contributed by atoms with Crippen molar-refractivity contribution < 1.29 is 0 Å². The summed E-state index contributed by atoms with van der Waals surface area (Å²) in [5.41, 5.74) is 0.998. The highest BCUT2D eigenvalue weighted by atomic mass is 15.3. The average molecular weight is 246 g/mol. The van der Waals surface area contributed by atoms with Gasteiger partial charge in [-0.05, 0) is 6.92 Å². The molecule has 0 aliphatic heterocycles. The summed E-state index contributed by atoms with van der Waals surface area (Å²) in [6.45, 7) is 7.26. The normalized spacial score (nSPS) is 10.6. The van der Waals surface area contributed by atoms with E-state index in [1.165, 1.54) is 0 Å². The zero-order valence-corrected chi connectivity index (χ0v) is 10.8. The van der Waals surface area contributed by atoms with Gasteiger partial charge < -0.3 is 14.5 Å². The Morgan fingerprint density at radius 3 is 3.00 bits per heavy atom. The van der Waals surface area contributed by atoms with E-state index in [9.17, 15) is 0 Å². The molecule has 6 nitrogen and oxygen atoms in total. The molecule has 2 aromatic heterocycles. The van der Waals surface area contributed by atoms with Gasteiger partial charge in [-0.1, -0.05) is 6.08 Å². The largest absolute Gasteiger partial charge is 0.355 e. The number of aryl methyl sites for hydroxylation is 2. The molecule has 0 radical (unpaired) electrons. The van der Waals surface area contributed by atoms with E-state index in [-0.39, 0.29) is 0 Å². The summed E-state index contributed by atoms with van der Waals surface area (Å²) < 4.78 is 3.96. The molecule has 0 fully saturated rings. The van der Waals surface area contributed by atoms with Crippen LogP contribution in [0.2, 0.25) is 0 Å². The molecule has 96 valence electrons. The van der Waals surface area contributed by atoms with Gasteiger partial charge in [0.1, 0.15) is 12.2 Å². The van der Waals surface area contributed by atoms with Crippen LogP contribution >= 0.6 is 0 Å². The third-order valence-corrected chi connectivity index (χ3v) is 2.66. The minimum absolute atomic E-state index is 0.757. The van der Waals surface area contributed by atoms with Crippen molar-refractivity contribution in [3.05, 3.63) is 36.7 Å². The fourth-order valence-electron chi connectivity index (χ4n) is 1.79. The van der Waals surface area contributed by atoms with E-state index in [0.717, 1.165) is 37.0 Å². The van der Waals surface area contributed by atoms with Crippen LogP contribution in [0.15, 0.2) is 25.2 Å². The van der Waals surface area contributed by atoms with E-state index in [1.807, 2.05) is 35.4 Å². The van der Waals surface area contributed by atoms with Gasteiger partial charge in [0.15, 0.2) is 0 Å². The van der Waals surface area contributed by atoms with Gasteiger partial charge in [0.2, 0.25) is 5.95 Å². The average Bonchev–Trinajstić information content (AvgIpc) is 2.87. The van der Waals surface area contributed by atoms with Gasteiger partial charge in [-0.25, -0.2) is 4.98 Å². The number of nitrogens with one attached hydrogen (secondary N) is 1. The molecule has 6 heteroatoms. The first-order valence-electron chi connectivity index (χ1n) is 5.92. The number of allylic oxidation sites excluding steroid dienone is 1. The minimum atomic E-state index is 0.757. The zero-order valence-electron chi connectivity index (χ0n) is 10.8. The number of imidazole rings is 1. The van der Waals surface area contributed by atoms with Crippen LogP contribution < -0.4 is 5.32 Å². The molecule has 2 aromatic rings. The van der Waals surface area contributed by atoms with Crippen molar-refractivity contribution in [3.63, 3.8) is 0 Å². The molecular weight excluding hydrogens is 228 g/mol. The molecule has 18 heavy (non-hydrogen) atoms. The fourth-order valence-corrected chi connectivity index (χ4v) is 1.79. The summed E-state index contributed by atoms with van der Waals surface area (Å²) in [5, 5.41) is 11.2. The lowest BCUT2D eigenvalue weighted by molar-refractivity contribution is 0.772. The van der Waals surface area contributed by atoms with E-state index in [2.05, 4.69) is 27.1 Å². The van der Waals surface area contributed by atoms with Crippen LogP contribution in [0.1, 0.15) is 11.5 Å². The molecule has 0 aliphatic rings. The lowest BCUT2D eigenvalue weighted by Gasteiger charge is -2.07. The Labute approximate surface area is 106 Å². The van der Waals surface area contributed by atoms with Crippen LogP contribution in [0.5, 0.6) is 0 Å². The Morgan fingerprint density at radius 1 is 1.50 bits per heavy atom. The maximum absolute atomic E-state index is 4.43. The van der Waals surface area contributed by atoms with Crippen molar-refractivity contribution in [1.29, 1.82) is 0 Å². The number of hydrogen-bond donors (Lipinski definition) is 1. The van der Waals surface area contributed by atoms with E-state index >= 15 is 0 Å². The van der Waals surface area contributed by atoms with Crippen LogP contribution in [0.25, 0.3) is 0 Å². The van der Waals surface area contributed by atoms with Crippen LogP contribution in [0.4, 0.5) is 5.95 Å². The number of anilines is 1. The maximum atomic E-state index is 4.43. The Morgan fingerprint density at radius 2 is 2.33 bits per heavy atom. The van der Waals surface area contributed by atoms with Gasteiger partial charge in [-0.2, -0.15) is 0 Å². The van der Waals surface area contributed by atoms with Gasteiger partial charge in [0, 0.05) is 32.8 Å². The van der Waals surface area contributed by atoms with Crippen LogP contribution in [-0.2, 0) is 20.0 Å². The third-order valence-electron chi connectivity index (χ3n) is 2.66. The van der Waals surface area contributed by atoms with Crippen molar-refractivity contribution in [2.75, 3.05) is 11.9 Å². The number of nitrogens with zero attached hydrogens (tertiary/aromatic N) is 5. The first-order chi connectivity index (χ1) is 8.70. The highest BCUT2D eigenvalue weighted by Gasteiger charge is 2.05. The summed E-state index contributed by atoms with van der Waals surface area (Å²) in [6, 6.07) is 0. The molecular formula is C12H18N6. The molecule has 0 unspecified atom stereocenters. The minimum Gasteiger partial charge on any atom is -0.355 e. The molecule has 0 atom stereocenters. The summed E-state index contributed by atoms with van der Waals surface area (Å²) in [7, 11) is 1.94. The summed E-state index contributed by atoms with van der Waals surface area (Å²) >= 11 is 0. The molecule has 0 aliphatic carbocycles. The number of aromatic nitrogens is 5. The first-order valence-corrected chi connectivity index (χ1v) is 5.92. The predicted octanol–water partition coefficient (Wildman–Crippen LogP) is 1.16. The Balaban J connectivity index is 1.94. The molecule has 0 saturated heterocycles. The summed E-state index contributed by atoms with van der Waals surface area (Å²) in [6.07, 6.45) is 6.38. The molecule has 0 bridgehead atoms. The molecule has 0 spiro atoms. The third kappa shape index (κ3) is 2.77. The summed E-state index contributed by atoms with van der Waals surface area (Å²) in [4.78, 5) is 4.43. The van der Waals surface area contributed by atoms with E-state index < -0.39 is 0 Å². The van der Waals surface area contributed by atoms with Crippen LogP contribution in [-0.4, -0.2) is 30.9 Å². The highest BCUT2D eigenvalue weighted by Crippen LogP contribution is 2.08. The highest BCUT2D eigenvalue weighted by molar-refractivity contribution is 5.29. The zero-order chi connectivity index (χ0) is 13.0. The monoisotopic (exact) mass is 246 g/mol. The van der Waals surface area contributed by atoms with E-state index in [0.29, 0.717) is 0 Å². The number of hydrogen-bond acceptors (Lipinski definition) is 4. The smallest absolute Gasteiger partial charge is 0.203 e. The van der Waals surface area contributed by atoms with Crippen molar-refractivity contribution in [3.8, 4) is 0 Å². The van der Waals surface area contributed by atoms with Crippen LogP contribution in [0.3, 0.4) is 0 Å². The Hall–Kier alpha value is -2.11. The molecule has 0 aromatic carbocycles. The molecule has 2 heterocycles. The first kappa shape index (κ1) is 12.3. The quantitative estimate of drug-likeness (QED) is 0.777. The lowest BCUT2D eigenvalue weighted by Crippen LogP contribution is -2.12. The van der Waals surface area contributed by atoms with Gasteiger partial charge in [-0.3, -0.25) is 0 Å². The lowest BCUT2D eigenvalue weighted by atomic mass is 10.4. The van der Waals surface area contributed by atoms with Gasteiger partial charge in [0.25, 0.3) is 0 Å². The standard InChI is InChI=1S/C12H18N6/c1-4-7-18-8-10(2)15-12(18)13-6-5-11-16-14-9-17(11)3/h4,8-9H,1,5-7H2,2-3H3,(H,13,15). The topological polar surface area (TPSA) is 60.6 Å². The SMILES string of the molecule is C=CCn1cc(C)nc1NCCc1nncn1C. The second-order valence-electron chi connectivity index (χ2n) is 4.18. The van der Waals surface area contributed by atoms with E-state index in [1.54, 1.807) is 6.33 Å². The molecule has 0 amide bonds. The fraction of sp³-hybridized carbons (Fsp3) is 0.417. The summed E-state index contributed by atoms with van der Waals surface area (Å²) in [5.74, 6) is 1.83. The predicted molar refractivity (Wildman–Crippen MR) is 70.4 cm³/mol. The van der Waals surface area contributed by atoms with Gasteiger partial charge in [0.05, 0.1) is 5.69 Å². The second-order valence-corrected chi connectivity index (χ2v) is 4.18. The van der Waals surface area contributed by atoms with Gasteiger partial charge in [-0.15, -0.1) is 16.8 Å².